The third-order valence-electron chi connectivity index (χ3n) is 4.64. The highest BCUT2D eigenvalue weighted by molar-refractivity contribution is 7.98. The number of carbonyl (C=O) groups excluding carboxylic acids is 1. The Kier molecular flexibility index (Phi) is 5.47. The standard InChI is InChI=1S/C21H22N4O2S2/c1-13-9-16(27-23-13)12-28-19-8-6-5-7-17(19)20(26)24(4)11-18-15(3)22-21-25(18)10-14(2)29-21/h5-10H,11-12H2,1-4H3. The number of thioether (sulfide) groups is 1. The predicted octanol–water partition coefficient (Wildman–Crippen LogP) is 4.87. The van der Waals surface area contributed by atoms with Gasteiger partial charge in [-0.15, -0.1) is 23.1 Å². The first kappa shape index (κ1) is 19.7. The van der Waals surface area contributed by atoms with Crippen LogP contribution in [0.4, 0.5) is 0 Å². The number of fused-ring (bicyclic) bond motifs is 1. The molecule has 0 bridgehead atoms. The van der Waals surface area contributed by atoms with Crippen molar-refractivity contribution in [2.75, 3.05) is 7.05 Å². The zero-order valence-electron chi connectivity index (χ0n) is 16.8. The molecule has 3 heterocycles. The molecule has 150 valence electrons. The molecule has 0 N–H and O–H groups in total. The summed E-state index contributed by atoms with van der Waals surface area (Å²) in [4.78, 5) is 22.7. The lowest BCUT2D eigenvalue weighted by Gasteiger charge is -2.19. The van der Waals surface area contributed by atoms with Gasteiger partial charge < -0.3 is 9.42 Å². The second-order valence-corrected chi connectivity index (χ2v) is 9.25. The smallest absolute Gasteiger partial charge is 0.255 e. The first-order chi connectivity index (χ1) is 13.9. The first-order valence-corrected chi connectivity index (χ1v) is 11.1. The Bertz CT molecular complexity index is 1170. The van der Waals surface area contributed by atoms with Gasteiger partial charge in [-0.05, 0) is 32.9 Å². The molecular weight excluding hydrogens is 404 g/mol. The van der Waals surface area contributed by atoms with E-state index in [2.05, 4.69) is 27.7 Å². The Balaban J connectivity index is 1.53. The molecule has 0 saturated carbocycles. The monoisotopic (exact) mass is 426 g/mol. The van der Waals surface area contributed by atoms with Crippen molar-refractivity contribution in [3.05, 3.63) is 69.8 Å². The summed E-state index contributed by atoms with van der Waals surface area (Å²) in [7, 11) is 1.83. The van der Waals surface area contributed by atoms with Crippen LogP contribution in [-0.2, 0) is 12.3 Å². The number of hydrogen-bond acceptors (Lipinski definition) is 6. The Morgan fingerprint density at radius 2 is 2.07 bits per heavy atom. The first-order valence-electron chi connectivity index (χ1n) is 9.26. The number of thiazole rings is 1. The Labute approximate surface area is 177 Å². The van der Waals surface area contributed by atoms with Crippen molar-refractivity contribution in [2.24, 2.45) is 0 Å². The normalized spacial score (nSPS) is 11.3. The number of imidazole rings is 1. The fraction of sp³-hybridized carbons (Fsp3) is 0.286. The van der Waals surface area contributed by atoms with Gasteiger partial charge in [-0.25, -0.2) is 4.98 Å². The van der Waals surface area contributed by atoms with E-state index < -0.39 is 0 Å². The van der Waals surface area contributed by atoms with E-state index in [4.69, 9.17) is 4.52 Å². The highest BCUT2D eigenvalue weighted by atomic mass is 32.2. The van der Waals surface area contributed by atoms with Gasteiger partial charge in [0.1, 0.15) is 5.76 Å². The van der Waals surface area contributed by atoms with Crippen LogP contribution in [0.2, 0.25) is 0 Å². The third-order valence-corrected chi connectivity index (χ3v) is 6.63. The molecule has 0 aliphatic heterocycles. The van der Waals surface area contributed by atoms with Crippen LogP contribution >= 0.6 is 23.1 Å². The summed E-state index contributed by atoms with van der Waals surface area (Å²) in [5.41, 5.74) is 3.55. The van der Waals surface area contributed by atoms with E-state index in [-0.39, 0.29) is 5.91 Å². The van der Waals surface area contributed by atoms with Gasteiger partial charge in [0.15, 0.2) is 4.96 Å². The number of aryl methyl sites for hydroxylation is 3. The van der Waals surface area contributed by atoms with Gasteiger partial charge in [-0.2, -0.15) is 0 Å². The maximum atomic E-state index is 13.2. The molecule has 4 rings (SSSR count). The SMILES string of the molecule is Cc1cc(CSc2ccccc2C(=O)N(C)Cc2c(C)nc3sc(C)cn23)on1. The van der Waals surface area contributed by atoms with Crippen molar-refractivity contribution in [3.63, 3.8) is 0 Å². The second-order valence-electron chi connectivity index (χ2n) is 7.02. The maximum absolute atomic E-state index is 13.2. The van der Waals surface area contributed by atoms with Crippen molar-refractivity contribution in [3.8, 4) is 0 Å². The number of benzene rings is 1. The summed E-state index contributed by atoms with van der Waals surface area (Å²) in [6, 6.07) is 9.61. The Hall–Kier alpha value is -2.58. The van der Waals surface area contributed by atoms with E-state index >= 15 is 0 Å². The maximum Gasteiger partial charge on any atom is 0.255 e. The van der Waals surface area contributed by atoms with Gasteiger partial charge in [0.25, 0.3) is 5.91 Å². The lowest BCUT2D eigenvalue weighted by molar-refractivity contribution is 0.0779. The molecule has 8 heteroatoms. The van der Waals surface area contributed by atoms with Crippen molar-refractivity contribution in [1.29, 1.82) is 0 Å². The second kappa shape index (κ2) is 8.04. The van der Waals surface area contributed by atoms with Gasteiger partial charge in [-0.1, -0.05) is 17.3 Å². The fourth-order valence-corrected chi connectivity index (χ4v) is 5.01. The zero-order chi connectivity index (χ0) is 20.5. The van der Waals surface area contributed by atoms with Gasteiger partial charge in [0, 0.05) is 29.1 Å². The van der Waals surface area contributed by atoms with Crippen LogP contribution in [0.15, 0.2) is 45.9 Å². The van der Waals surface area contributed by atoms with Crippen LogP contribution in [0.25, 0.3) is 4.96 Å². The van der Waals surface area contributed by atoms with E-state index in [0.717, 1.165) is 32.7 Å². The summed E-state index contributed by atoms with van der Waals surface area (Å²) in [5.74, 6) is 1.42. The molecular formula is C21H22N4O2S2. The molecule has 3 aromatic heterocycles. The van der Waals surface area contributed by atoms with Crippen molar-refractivity contribution in [2.45, 2.75) is 38.0 Å². The molecule has 0 aliphatic carbocycles. The summed E-state index contributed by atoms with van der Waals surface area (Å²) >= 11 is 3.24. The van der Waals surface area contributed by atoms with Crippen LogP contribution in [0.1, 0.15) is 38.1 Å². The molecule has 0 radical (unpaired) electrons. The van der Waals surface area contributed by atoms with Gasteiger partial charge in [0.2, 0.25) is 0 Å². The minimum absolute atomic E-state index is 0.0110. The fourth-order valence-electron chi connectivity index (χ4n) is 3.20. The molecule has 4 aromatic rings. The lowest BCUT2D eigenvalue weighted by atomic mass is 10.2. The van der Waals surface area contributed by atoms with E-state index in [1.54, 1.807) is 28.0 Å². The lowest BCUT2D eigenvalue weighted by Crippen LogP contribution is -2.27. The minimum Gasteiger partial charge on any atom is -0.360 e. The topological polar surface area (TPSA) is 63.6 Å². The molecule has 0 unspecified atom stereocenters. The largest absolute Gasteiger partial charge is 0.360 e. The van der Waals surface area contributed by atoms with Crippen LogP contribution in [0, 0.1) is 20.8 Å². The molecule has 29 heavy (non-hydrogen) atoms. The van der Waals surface area contributed by atoms with E-state index in [1.807, 2.05) is 51.2 Å². The number of amides is 1. The number of nitrogens with zero attached hydrogens (tertiary/aromatic N) is 4. The molecule has 1 aromatic carbocycles. The Morgan fingerprint density at radius 1 is 1.28 bits per heavy atom. The molecule has 0 atom stereocenters. The summed E-state index contributed by atoms with van der Waals surface area (Å²) in [6.07, 6.45) is 2.08. The minimum atomic E-state index is -0.0110. The average Bonchev–Trinajstić information content (AvgIpc) is 3.35. The van der Waals surface area contributed by atoms with E-state index in [0.29, 0.717) is 17.9 Å². The zero-order valence-corrected chi connectivity index (χ0v) is 18.4. The van der Waals surface area contributed by atoms with Gasteiger partial charge in [0.05, 0.1) is 34.9 Å². The van der Waals surface area contributed by atoms with Crippen LogP contribution in [-0.4, -0.2) is 32.4 Å². The van der Waals surface area contributed by atoms with Gasteiger partial charge >= 0.3 is 0 Å². The van der Waals surface area contributed by atoms with Crippen molar-refractivity contribution >= 4 is 34.0 Å². The molecule has 0 aliphatic rings. The van der Waals surface area contributed by atoms with Crippen LogP contribution in [0.5, 0.6) is 0 Å². The molecule has 6 nitrogen and oxygen atoms in total. The molecule has 1 amide bonds. The molecule has 0 saturated heterocycles. The quantitative estimate of drug-likeness (QED) is 0.412. The molecule has 0 spiro atoms. The third kappa shape index (κ3) is 4.09. The van der Waals surface area contributed by atoms with Crippen molar-refractivity contribution < 1.29 is 9.32 Å². The predicted molar refractivity (Wildman–Crippen MR) is 116 cm³/mol. The summed E-state index contributed by atoms with van der Waals surface area (Å²) < 4.78 is 7.37. The van der Waals surface area contributed by atoms with Crippen LogP contribution < -0.4 is 0 Å². The summed E-state index contributed by atoms with van der Waals surface area (Å²) in [6.45, 7) is 6.46. The number of hydrogen-bond donors (Lipinski definition) is 0. The number of aromatic nitrogens is 3. The highest BCUT2D eigenvalue weighted by Crippen LogP contribution is 2.28. The molecule has 0 fully saturated rings. The van der Waals surface area contributed by atoms with E-state index in [9.17, 15) is 4.79 Å². The van der Waals surface area contributed by atoms with E-state index in [1.165, 1.54) is 4.88 Å². The Morgan fingerprint density at radius 3 is 2.83 bits per heavy atom. The van der Waals surface area contributed by atoms with Crippen LogP contribution in [0.3, 0.4) is 0 Å². The van der Waals surface area contributed by atoms with Gasteiger partial charge in [-0.3, -0.25) is 9.20 Å². The number of rotatable bonds is 6. The number of carbonyl (C=O) groups is 1. The summed E-state index contributed by atoms with van der Waals surface area (Å²) in [5, 5.41) is 3.92. The van der Waals surface area contributed by atoms with Crippen molar-refractivity contribution in [1.82, 2.24) is 19.4 Å². The average molecular weight is 427 g/mol. The highest BCUT2D eigenvalue weighted by Gasteiger charge is 2.20.